The molecule has 0 spiro atoms. The number of hydrogen-bond acceptors (Lipinski definition) is 3. The molecule has 0 saturated carbocycles. The predicted octanol–water partition coefficient (Wildman–Crippen LogP) is 2.67. The summed E-state index contributed by atoms with van der Waals surface area (Å²) in [5.74, 6) is -2.36. The lowest BCUT2D eigenvalue weighted by Crippen LogP contribution is -2.54. The minimum Gasteiger partial charge on any atom is -0.479 e. The van der Waals surface area contributed by atoms with Crippen molar-refractivity contribution >= 4 is 17.8 Å². The van der Waals surface area contributed by atoms with Crippen LogP contribution in [0.25, 0.3) is 0 Å². The van der Waals surface area contributed by atoms with Gasteiger partial charge in [-0.3, -0.25) is 14.5 Å². The van der Waals surface area contributed by atoms with Crippen LogP contribution in [0.2, 0.25) is 0 Å². The first-order chi connectivity index (χ1) is 11.0. The van der Waals surface area contributed by atoms with E-state index in [0.29, 0.717) is 5.56 Å². The predicted molar refractivity (Wildman–Crippen MR) is 83.0 cm³/mol. The van der Waals surface area contributed by atoms with Crippen molar-refractivity contribution in [3.05, 3.63) is 71.3 Å². The number of amides is 2. The number of nitrogens with zero attached hydrogens (tertiary/aromatic N) is 1. The molecule has 1 N–H and O–H groups in total. The third kappa shape index (κ3) is 1.97. The minimum atomic E-state index is -1.71. The van der Waals surface area contributed by atoms with E-state index in [1.165, 1.54) is 0 Å². The monoisotopic (exact) mass is 309 g/mol. The van der Waals surface area contributed by atoms with Crippen LogP contribution in [0.4, 0.5) is 0 Å². The maximum Gasteiger partial charge on any atom is 0.334 e. The van der Waals surface area contributed by atoms with Crippen molar-refractivity contribution in [3.63, 3.8) is 0 Å². The Morgan fingerprint density at radius 2 is 1.43 bits per heavy atom. The van der Waals surface area contributed by atoms with E-state index < -0.39 is 23.3 Å². The van der Waals surface area contributed by atoms with Crippen LogP contribution in [0.5, 0.6) is 0 Å². The average molecular weight is 309 g/mol. The summed E-state index contributed by atoms with van der Waals surface area (Å²) < 4.78 is 0. The number of carboxylic acid groups (broad SMARTS) is 1. The van der Waals surface area contributed by atoms with Gasteiger partial charge >= 0.3 is 5.97 Å². The molecule has 1 aliphatic heterocycles. The highest BCUT2D eigenvalue weighted by atomic mass is 16.4. The Labute approximate surface area is 133 Å². The molecule has 0 aromatic heterocycles. The zero-order chi connectivity index (χ0) is 16.6. The lowest BCUT2D eigenvalue weighted by molar-refractivity contribution is -0.149. The van der Waals surface area contributed by atoms with Crippen molar-refractivity contribution in [2.24, 2.45) is 0 Å². The molecule has 2 aromatic carbocycles. The summed E-state index contributed by atoms with van der Waals surface area (Å²) in [4.78, 5) is 38.5. The molecule has 0 fully saturated rings. The zero-order valence-corrected chi connectivity index (χ0v) is 12.5. The summed E-state index contributed by atoms with van der Waals surface area (Å²) in [6, 6.07) is 14.8. The molecule has 1 unspecified atom stereocenters. The summed E-state index contributed by atoms with van der Waals surface area (Å²) in [5, 5.41) is 9.91. The van der Waals surface area contributed by atoms with Crippen molar-refractivity contribution in [1.29, 1.82) is 0 Å². The Hall–Kier alpha value is -2.95. The molecule has 1 heterocycles. The smallest absolute Gasteiger partial charge is 0.334 e. The highest BCUT2D eigenvalue weighted by Gasteiger charge is 2.53. The van der Waals surface area contributed by atoms with Gasteiger partial charge in [-0.25, -0.2) is 4.79 Å². The van der Waals surface area contributed by atoms with E-state index in [9.17, 15) is 19.5 Å². The van der Waals surface area contributed by atoms with Crippen molar-refractivity contribution in [3.8, 4) is 0 Å². The Morgan fingerprint density at radius 1 is 0.957 bits per heavy atom. The fourth-order valence-electron chi connectivity index (χ4n) is 3.11. The van der Waals surface area contributed by atoms with E-state index in [2.05, 4.69) is 0 Å². The van der Waals surface area contributed by atoms with Crippen LogP contribution >= 0.6 is 0 Å². The SMILES string of the molecule is CCC(C(=O)O)(c1ccccc1)N1C(=O)c2ccccc2C1=O. The molecule has 23 heavy (non-hydrogen) atoms. The van der Waals surface area contributed by atoms with Gasteiger partial charge in [0.05, 0.1) is 11.1 Å². The molecule has 5 nitrogen and oxygen atoms in total. The van der Waals surface area contributed by atoms with Gasteiger partial charge in [-0.15, -0.1) is 0 Å². The van der Waals surface area contributed by atoms with E-state index in [0.717, 1.165) is 4.90 Å². The number of carboxylic acids is 1. The van der Waals surface area contributed by atoms with Crippen LogP contribution < -0.4 is 0 Å². The molecule has 0 aliphatic carbocycles. The van der Waals surface area contributed by atoms with Crippen LogP contribution in [0.15, 0.2) is 54.6 Å². The fraction of sp³-hybridized carbons (Fsp3) is 0.167. The number of rotatable bonds is 4. The van der Waals surface area contributed by atoms with Crippen LogP contribution in [-0.2, 0) is 10.3 Å². The second kappa shape index (κ2) is 5.35. The maximum atomic E-state index is 12.7. The molecule has 0 bridgehead atoms. The van der Waals surface area contributed by atoms with Gasteiger partial charge in [0, 0.05) is 0 Å². The lowest BCUT2D eigenvalue weighted by Gasteiger charge is -2.36. The fourth-order valence-corrected chi connectivity index (χ4v) is 3.11. The molecule has 1 atom stereocenters. The second-order valence-electron chi connectivity index (χ2n) is 5.38. The lowest BCUT2D eigenvalue weighted by atomic mass is 9.85. The topological polar surface area (TPSA) is 74.7 Å². The number of imide groups is 1. The van der Waals surface area contributed by atoms with Crippen molar-refractivity contribution in [2.75, 3.05) is 0 Å². The number of hydrogen-bond donors (Lipinski definition) is 1. The highest BCUT2D eigenvalue weighted by Crippen LogP contribution is 2.38. The van der Waals surface area contributed by atoms with E-state index in [1.807, 2.05) is 0 Å². The Kier molecular flexibility index (Phi) is 3.48. The van der Waals surface area contributed by atoms with Crippen molar-refractivity contribution in [1.82, 2.24) is 4.90 Å². The first-order valence-electron chi connectivity index (χ1n) is 7.31. The van der Waals surface area contributed by atoms with Crippen LogP contribution in [0.1, 0.15) is 39.6 Å². The average Bonchev–Trinajstić information content (AvgIpc) is 2.83. The van der Waals surface area contributed by atoms with Crippen molar-refractivity contribution < 1.29 is 19.5 Å². The second-order valence-corrected chi connectivity index (χ2v) is 5.38. The molecule has 3 rings (SSSR count). The first kappa shape index (κ1) is 15.0. The molecule has 5 heteroatoms. The molecule has 1 aliphatic rings. The summed E-state index contributed by atoms with van der Waals surface area (Å²) in [6.07, 6.45) is 0.0812. The number of carbonyl (C=O) groups excluding carboxylic acids is 2. The van der Waals surface area contributed by atoms with E-state index in [-0.39, 0.29) is 17.5 Å². The number of aliphatic carboxylic acids is 1. The van der Waals surface area contributed by atoms with Gasteiger partial charge in [-0.2, -0.15) is 0 Å². The van der Waals surface area contributed by atoms with Gasteiger partial charge in [-0.05, 0) is 24.1 Å². The van der Waals surface area contributed by atoms with Crippen LogP contribution in [0.3, 0.4) is 0 Å². The van der Waals surface area contributed by atoms with Gasteiger partial charge in [0.25, 0.3) is 11.8 Å². The van der Waals surface area contributed by atoms with E-state index in [4.69, 9.17) is 0 Å². The zero-order valence-electron chi connectivity index (χ0n) is 12.5. The summed E-state index contributed by atoms with van der Waals surface area (Å²) in [7, 11) is 0. The van der Waals surface area contributed by atoms with Crippen molar-refractivity contribution in [2.45, 2.75) is 18.9 Å². The van der Waals surface area contributed by atoms with Gasteiger partial charge in [0.15, 0.2) is 5.54 Å². The third-order valence-corrected chi connectivity index (χ3v) is 4.29. The number of benzene rings is 2. The standard InChI is InChI=1S/C18H15NO4/c1-2-18(17(22)23,12-8-4-3-5-9-12)19-15(20)13-10-6-7-11-14(13)16(19)21/h3-11H,2H2,1H3,(H,22,23). The van der Waals surface area contributed by atoms with Gasteiger partial charge < -0.3 is 5.11 Å². The highest BCUT2D eigenvalue weighted by molar-refractivity contribution is 6.23. The van der Waals surface area contributed by atoms with E-state index in [1.54, 1.807) is 61.5 Å². The Bertz CT molecular complexity index is 765. The first-order valence-corrected chi connectivity index (χ1v) is 7.31. The Morgan fingerprint density at radius 3 is 1.87 bits per heavy atom. The minimum absolute atomic E-state index is 0.0812. The number of carbonyl (C=O) groups is 3. The van der Waals surface area contributed by atoms with Crippen LogP contribution in [-0.4, -0.2) is 27.8 Å². The van der Waals surface area contributed by atoms with Gasteiger partial charge in [0.1, 0.15) is 0 Å². The van der Waals surface area contributed by atoms with Crippen LogP contribution in [0, 0.1) is 0 Å². The van der Waals surface area contributed by atoms with Gasteiger partial charge in [0.2, 0.25) is 0 Å². The molecule has 2 amide bonds. The Balaban J connectivity index is 2.23. The maximum absolute atomic E-state index is 12.7. The molecule has 0 saturated heterocycles. The summed E-state index contributed by atoms with van der Waals surface area (Å²) >= 11 is 0. The third-order valence-electron chi connectivity index (χ3n) is 4.29. The molecule has 2 aromatic rings. The normalized spacial score (nSPS) is 16.1. The van der Waals surface area contributed by atoms with Gasteiger partial charge in [-0.1, -0.05) is 49.4 Å². The number of fused-ring (bicyclic) bond motifs is 1. The summed E-state index contributed by atoms with van der Waals surface area (Å²) in [5.41, 5.74) is -0.821. The largest absolute Gasteiger partial charge is 0.479 e. The molecular formula is C18H15NO4. The van der Waals surface area contributed by atoms with E-state index >= 15 is 0 Å². The molecular weight excluding hydrogens is 294 g/mol. The molecule has 0 radical (unpaired) electrons. The summed E-state index contributed by atoms with van der Waals surface area (Å²) in [6.45, 7) is 1.66. The molecule has 116 valence electrons. The quantitative estimate of drug-likeness (QED) is 0.881.